The summed E-state index contributed by atoms with van der Waals surface area (Å²) in [6.07, 6.45) is 11.6. The summed E-state index contributed by atoms with van der Waals surface area (Å²) in [5.74, 6) is 2.95. The maximum atomic E-state index is 6.73. The van der Waals surface area contributed by atoms with Gasteiger partial charge in [-0.25, -0.2) is 0 Å². The minimum absolute atomic E-state index is 0.310. The molecule has 1 unspecified atom stereocenters. The average molecular weight is 270 g/mol. The van der Waals surface area contributed by atoms with Crippen molar-refractivity contribution in [1.29, 1.82) is 0 Å². The van der Waals surface area contributed by atoms with Crippen LogP contribution < -0.4 is 5.73 Å². The van der Waals surface area contributed by atoms with E-state index in [4.69, 9.17) is 5.73 Å². The molecule has 1 atom stereocenters. The maximum Gasteiger partial charge on any atom is 0.0448 e. The molecule has 4 fully saturated rings. The first-order valence-electron chi connectivity index (χ1n) is 8.31. The van der Waals surface area contributed by atoms with Crippen molar-refractivity contribution in [3.8, 4) is 0 Å². The van der Waals surface area contributed by atoms with Gasteiger partial charge < -0.3 is 5.73 Å². The monoisotopic (exact) mass is 270 g/mol. The summed E-state index contributed by atoms with van der Waals surface area (Å²) in [5.41, 5.74) is 9.69. The van der Waals surface area contributed by atoms with Crippen LogP contribution in [-0.4, -0.2) is 11.0 Å². The zero-order valence-electron chi connectivity index (χ0n) is 12.5. The number of pyridine rings is 1. The molecule has 4 aliphatic carbocycles. The van der Waals surface area contributed by atoms with Crippen molar-refractivity contribution in [2.45, 2.75) is 57.9 Å². The van der Waals surface area contributed by atoms with Crippen LogP contribution in [0.25, 0.3) is 0 Å². The summed E-state index contributed by atoms with van der Waals surface area (Å²) in [4.78, 5) is 4.57. The van der Waals surface area contributed by atoms with Gasteiger partial charge >= 0.3 is 0 Å². The van der Waals surface area contributed by atoms with Crippen LogP contribution >= 0.6 is 0 Å². The van der Waals surface area contributed by atoms with Crippen molar-refractivity contribution in [1.82, 2.24) is 4.98 Å². The first-order chi connectivity index (χ1) is 9.64. The summed E-state index contributed by atoms with van der Waals surface area (Å²) in [5, 5.41) is 0. The first kappa shape index (κ1) is 12.8. The Hall–Kier alpha value is -0.890. The van der Waals surface area contributed by atoms with Crippen LogP contribution in [0.4, 0.5) is 0 Å². The molecule has 0 aliphatic heterocycles. The lowest BCUT2D eigenvalue weighted by Gasteiger charge is -2.59. The largest absolute Gasteiger partial charge is 0.327 e. The molecule has 1 heterocycles. The smallest absolute Gasteiger partial charge is 0.0448 e. The number of nitrogens with two attached hydrogens (primary N) is 1. The summed E-state index contributed by atoms with van der Waals surface area (Å²) < 4.78 is 0. The van der Waals surface area contributed by atoms with Crippen LogP contribution in [0.5, 0.6) is 0 Å². The fraction of sp³-hybridized carbons (Fsp3) is 0.722. The van der Waals surface area contributed by atoms with E-state index in [2.05, 4.69) is 18.0 Å². The highest BCUT2D eigenvalue weighted by atomic mass is 14.8. The van der Waals surface area contributed by atoms with E-state index in [1.165, 1.54) is 49.8 Å². The maximum absolute atomic E-state index is 6.73. The Balaban J connectivity index is 1.56. The molecule has 0 spiro atoms. The fourth-order valence-corrected chi connectivity index (χ4v) is 5.79. The van der Waals surface area contributed by atoms with E-state index in [1.807, 2.05) is 12.3 Å². The van der Waals surface area contributed by atoms with Crippen molar-refractivity contribution in [3.63, 3.8) is 0 Å². The van der Waals surface area contributed by atoms with Crippen molar-refractivity contribution in [2.75, 3.05) is 0 Å². The van der Waals surface area contributed by atoms with E-state index in [9.17, 15) is 0 Å². The number of aryl methyl sites for hydroxylation is 1. The quantitative estimate of drug-likeness (QED) is 0.913. The second-order valence-electron chi connectivity index (χ2n) is 7.86. The standard InChI is InChI=1S/C18H26N2/c1-12-3-2-4-20-16(12)8-17(19)18-9-13-5-14(10-18)7-15(6-13)11-18/h2-4,13-15,17H,5-11,19H2,1H3. The zero-order valence-corrected chi connectivity index (χ0v) is 12.5. The second kappa shape index (κ2) is 4.56. The van der Waals surface area contributed by atoms with Crippen LogP contribution in [0.2, 0.25) is 0 Å². The fourth-order valence-electron chi connectivity index (χ4n) is 5.79. The van der Waals surface area contributed by atoms with Gasteiger partial charge in [0.15, 0.2) is 0 Å². The van der Waals surface area contributed by atoms with Gasteiger partial charge in [0.1, 0.15) is 0 Å². The van der Waals surface area contributed by atoms with E-state index in [0.29, 0.717) is 11.5 Å². The second-order valence-corrected chi connectivity index (χ2v) is 7.86. The summed E-state index contributed by atoms with van der Waals surface area (Å²) in [6, 6.07) is 4.49. The minimum Gasteiger partial charge on any atom is -0.327 e. The van der Waals surface area contributed by atoms with Gasteiger partial charge in [0, 0.05) is 24.4 Å². The highest BCUT2D eigenvalue weighted by Gasteiger charge is 2.53. The van der Waals surface area contributed by atoms with Crippen LogP contribution in [0.3, 0.4) is 0 Å². The lowest BCUT2D eigenvalue weighted by Crippen LogP contribution is -2.55. The molecule has 20 heavy (non-hydrogen) atoms. The van der Waals surface area contributed by atoms with Gasteiger partial charge in [-0.15, -0.1) is 0 Å². The molecule has 0 amide bonds. The molecular formula is C18H26N2. The van der Waals surface area contributed by atoms with Crippen molar-refractivity contribution in [3.05, 3.63) is 29.6 Å². The molecule has 1 aromatic heterocycles. The molecule has 4 aliphatic rings. The molecule has 2 heteroatoms. The van der Waals surface area contributed by atoms with Crippen LogP contribution in [0, 0.1) is 30.1 Å². The molecule has 4 saturated carbocycles. The van der Waals surface area contributed by atoms with Gasteiger partial charge in [0.05, 0.1) is 0 Å². The Morgan fingerprint density at radius 3 is 2.35 bits per heavy atom. The van der Waals surface area contributed by atoms with Crippen LogP contribution in [0.1, 0.15) is 49.8 Å². The molecule has 1 aromatic rings. The molecule has 0 radical (unpaired) electrons. The van der Waals surface area contributed by atoms with Gasteiger partial charge in [-0.1, -0.05) is 6.07 Å². The van der Waals surface area contributed by atoms with E-state index < -0.39 is 0 Å². The zero-order chi connectivity index (χ0) is 13.7. The predicted octanol–water partition coefficient (Wildman–Crippen LogP) is 3.48. The minimum atomic E-state index is 0.310. The number of rotatable bonds is 3. The van der Waals surface area contributed by atoms with E-state index in [0.717, 1.165) is 24.2 Å². The Kier molecular flexibility index (Phi) is 2.92. The molecule has 2 nitrogen and oxygen atoms in total. The molecule has 108 valence electrons. The lowest BCUT2D eigenvalue weighted by atomic mass is 9.47. The number of hydrogen-bond donors (Lipinski definition) is 1. The van der Waals surface area contributed by atoms with E-state index in [-0.39, 0.29) is 0 Å². The van der Waals surface area contributed by atoms with Gasteiger partial charge in [-0.2, -0.15) is 0 Å². The summed E-state index contributed by atoms with van der Waals surface area (Å²) in [6.45, 7) is 2.16. The van der Waals surface area contributed by atoms with Crippen molar-refractivity contribution >= 4 is 0 Å². The van der Waals surface area contributed by atoms with Gasteiger partial charge in [-0.3, -0.25) is 4.98 Å². The van der Waals surface area contributed by atoms with Gasteiger partial charge in [-0.05, 0) is 80.2 Å². The molecule has 0 aromatic carbocycles. The predicted molar refractivity (Wildman–Crippen MR) is 81.3 cm³/mol. The number of aromatic nitrogens is 1. The highest BCUT2D eigenvalue weighted by Crippen LogP contribution is 2.61. The number of nitrogens with zero attached hydrogens (tertiary/aromatic N) is 1. The Labute approximate surface area is 122 Å². The van der Waals surface area contributed by atoms with Crippen LogP contribution in [-0.2, 0) is 6.42 Å². The Morgan fingerprint density at radius 1 is 1.20 bits per heavy atom. The molecule has 2 N–H and O–H groups in total. The SMILES string of the molecule is Cc1cccnc1CC(N)C12CC3CC(CC(C3)C1)C2. The van der Waals surface area contributed by atoms with Crippen LogP contribution in [0.15, 0.2) is 18.3 Å². The Morgan fingerprint density at radius 2 is 1.80 bits per heavy atom. The topological polar surface area (TPSA) is 38.9 Å². The highest BCUT2D eigenvalue weighted by molar-refractivity contribution is 5.20. The van der Waals surface area contributed by atoms with Gasteiger partial charge in [0.2, 0.25) is 0 Å². The molecule has 5 rings (SSSR count). The van der Waals surface area contributed by atoms with E-state index in [1.54, 1.807) is 0 Å². The third-order valence-corrected chi connectivity index (χ3v) is 6.40. The number of hydrogen-bond acceptors (Lipinski definition) is 2. The molecule has 4 bridgehead atoms. The summed E-state index contributed by atoms with van der Waals surface area (Å²) >= 11 is 0. The lowest BCUT2D eigenvalue weighted by molar-refractivity contribution is -0.0669. The summed E-state index contributed by atoms with van der Waals surface area (Å²) in [7, 11) is 0. The first-order valence-corrected chi connectivity index (χ1v) is 8.31. The third kappa shape index (κ3) is 2.00. The molecular weight excluding hydrogens is 244 g/mol. The third-order valence-electron chi connectivity index (χ3n) is 6.40. The molecule has 0 saturated heterocycles. The van der Waals surface area contributed by atoms with E-state index >= 15 is 0 Å². The Bertz CT molecular complexity index is 473. The average Bonchev–Trinajstić information content (AvgIpc) is 2.40. The van der Waals surface area contributed by atoms with Crippen molar-refractivity contribution in [2.24, 2.45) is 28.9 Å². The van der Waals surface area contributed by atoms with Gasteiger partial charge in [0.25, 0.3) is 0 Å². The van der Waals surface area contributed by atoms with Crippen molar-refractivity contribution < 1.29 is 0 Å². The normalized spacial score (nSPS) is 40.0.